The molecular weight excluding hydrogens is 382 g/mol. The zero-order valence-electron chi connectivity index (χ0n) is 12.5. The summed E-state index contributed by atoms with van der Waals surface area (Å²) in [4.78, 5) is 23.7. The van der Waals surface area contributed by atoms with E-state index >= 15 is 0 Å². The molecule has 1 aromatic carbocycles. The summed E-state index contributed by atoms with van der Waals surface area (Å²) in [6, 6.07) is 3.49. The van der Waals surface area contributed by atoms with E-state index in [1.165, 1.54) is 7.11 Å². The Bertz CT molecular complexity index is 780. The molecule has 1 aromatic heterocycles. The van der Waals surface area contributed by atoms with Gasteiger partial charge >= 0.3 is 12.1 Å². The van der Waals surface area contributed by atoms with Crippen LogP contribution in [0.4, 0.5) is 4.79 Å². The average molecular weight is 398 g/mol. The summed E-state index contributed by atoms with van der Waals surface area (Å²) in [7, 11) is 1.29. The number of carbonyl (C=O) groups excluding carboxylic acids is 1. The lowest BCUT2D eigenvalue weighted by Crippen LogP contribution is -2.10. The Morgan fingerprint density at radius 3 is 2.65 bits per heavy atom. The highest BCUT2D eigenvalue weighted by Gasteiger charge is 2.26. The number of methoxy groups -OCH3 is 1. The van der Waals surface area contributed by atoms with Crippen molar-refractivity contribution in [1.82, 2.24) is 4.57 Å². The molecule has 5 nitrogen and oxygen atoms in total. The van der Waals surface area contributed by atoms with Gasteiger partial charge in [0.15, 0.2) is 0 Å². The molecule has 1 aliphatic heterocycles. The predicted octanol–water partition coefficient (Wildman–Crippen LogP) is 4.33. The van der Waals surface area contributed by atoms with E-state index in [4.69, 9.17) is 4.74 Å². The fraction of sp³-hybridized carbons (Fsp3) is 0.375. The van der Waals surface area contributed by atoms with Gasteiger partial charge < -0.3 is 9.84 Å². The van der Waals surface area contributed by atoms with E-state index in [0.29, 0.717) is 11.4 Å². The van der Waals surface area contributed by atoms with Crippen LogP contribution in [0.3, 0.4) is 0 Å². The minimum atomic E-state index is -1.10. The molecule has 1 aliphatic rings. The summed E-state index contributed by atoms with van der Waals surface area (Å²) >= 11 is 5.34. The fourth-order valence-electron chi connectivity index (χ4n) is 3.10. The Hall–Kier alpha value is -1.47. The molecule has 1 saturated heterocycles. The number of carbonyl (C=O) groups is 2. The van der Waals surface area contributed by atoms with Gasteiger partial charge in [0.25, 0.3) is 0 Å². The highest BCUT2D eigenvalue weighted by molar-refractivity contribution is 9.10. The standard InChI is InChI=1S/C16H16BrNO4S/c1-22-15(19)12-7-10(17)6-11-13(9-2-4-23-5-3-9)8-18(14(11)12)16(20)21/h6-9H,2-5H2,1H3,(H,20,21). The van der Waals surface area contributed by atoms with Crippen molar-refractivity contribution in [2.75, 3.05) is 18.6 Å². The van der Waals surface area contributed by atoms with E-state index in [2.05, 4.69) is 15.9 Å². The van der Waals surface area contributed by atoms with Crippen molar-refractivity contribution in [3.63, 3.8) is 0 Å². The molecule has 1 N–H and O–H groups in total. The van der Waals surface area contributed by atoms with Crippen LogP contribution in [0.25, 0.3) is 10.9 Å². The second kappa shape index (κ2) is 6.57. The van der Waals surface area contributed by atoms with Gasteiger partial charge in [-0.3, -0.25) is 4.57 Å². The maximum atomic E-state index is 12.1. The highest BCUT2D eigenvalue weighted by Crippen LogP contribution is 2.38. The van der Waals surface area contributed by atoms with Gasteiger partial charge in [-0.05, 0) is 48.0 Å². The first kappa shape index (κ1) is 16.4. The predicted molar refractivity (Wildman–Crippen MR) is 93.7 cm³/mol. The maximum absolute atomic E-state index is 12.1. The molecule has 23 heavy (non-hydrogen) atoms. The van der Waals surface area contributed by atoms with Crippen molar-refractivity contribution >= 4 is 50.7 Å². The van der Waals surface area contributed by atoms with Gasteiger partial charge in [-0.25, -0.2) is 9.59 Å². The highest BCUT2D eigenvalue weighted by atomic mass is 79.9. The van der Waals surface area contributed by atoms with E-state index in [9.17, 15) is 14.7 Å². The SMILES string of the molecule is COC(=O)c1cc(Br)cc2c(C3CCSCC3)cn(C(=O)O)c12. The molecule has 2 aromatic rings. The number of fused-ring (bicyclic) bond motifs is 1. The van der Waals surface area contributed by atoms with Gasteiger partial charge in [-0.2, -0.15) is 11.8 Å². The van der Waals surface area contributed by atoms with E-state index in [1.807, 2.05) is 17.8 Å². The quantitative estimate of drug-likeness (QED) is 0.763. The molecule has 0 unspecified atom stereocenters. The Balaban J connectivity index is 2.28. The lowest BCUT2D eigenvalue weighted by atomic mass is 9.92. The van der Waals surface area contributed by atoms with Gasteiger partial charge in [0.2, 0.25) is 0 Å². The summed E-state index contributed by atoms with van der Waals surface area (Å²) in [5.41, 5.74) is 1.66. The monoisotopic (exact) mass is 397 g/mol. The first-order valence-corrected chi connectivity index (χ1v) is 9.21. The molecule has 0 saturated carbocycles. The van der Waals surface area contributed by atoms with E-state index < -0.39 is 12.1 Å². The smallest absolute Gasteiger partial charge is 0.416 e. The molecule has 0 spiro atoms. The number of halogens is 1. The summed E-state index contributed by atoms with van der Waals surface area (Å²) in [5.74, 6) is 1.92. The molecular formula is C16H16BrNO4S. The summed E-state index contributed by atoms with van der Waals surface area (Å²) in [5, 5.41) is 10.3. The minimum absolute atomic E-state index is 0.260. The Labute approximate surface area is 146 Å². The van der Waals surface area contributed by atoms with Crippen LogP contribution >= 0.6 is 27.7 Å². The number of hydrogen-bond acceptors (Lipinski definition) is 4. The van der Waals surface area contributed by atoms with Crippen LogP contribution < -0.4 is 0 Å². The second-order valence-corrected chi connectivity index (χ2v) is 7.61. The molecule has 0 amide bonds. The molecule has 0 bridgehead atoms. The number of rotatable bonds is 2. The van der Waals surface area contributed by atoms with Crippen molar-refractivity contribution in [2.45, 2.75) is 18.8 Å². The number of hydrogen-bond donors (Lipinski definition) is 1. The normalized spacial score (nSPS) is 15.7. The second-order valence-electron chi connectivity index (χ2n) is 5.46. The molecule has 3 rings (SSSR count). The molecule has 0 aliphatic carbocycles. The van der Waals surface area contributed by atoms with Crippen molar-refractivity contribution in [3.8, 4) is 0 Å². The number of thioether (sulfide) groups is 1. The van der Waals surface area contributed by atoms with Crippen LogP contribution in [0.1, 0.15) is 34.7 Å². The first-order chi connectivity index (χ1) is 11.0. The van der Waals surface area contributed by atoms with Gasteiger partial charge in [-0.15, -0.1) is 0 Å². The van der Waals surface area contributed by atoms with Crippen LogP contribution in [0, 0.1) is 0 Å². The molecule has 1 fully saturated rings. The largest absolute Gasteiger partial charge is 0.465 e. The van der Waals surface area contributed by atoms with Crippen molar-refractivity contribution in [2.24, 2.45) is 0 Å². The van der Waals surface area contributed by atoms with E-state index in [1.54, 1.807) is 12.3 Å². The molecule has 0 atom stereocenters. The van der Waals surface area contributed by atoms with Crippen LogP contribution in [0.5, 0.6) is 0 Å². The first-order valence-electron chi connectivity index (χ1n) is 7.26. The number of ether oxygens (including phenoxy) is 1. The van der Waals surface area contributed by atoms with E-state index in [0.717, 1.165) is 44.3 Å². The number of benzene rings is 1. The zero-order chi connectivity index (χ0) is 16.6. The van der Waals surface area contributed by atoms with E-state index in [-0.39, 0.29) is 5.56 Å². The van der Waals surface area contributed by atoms with Gasteiger partial charge in [-0.1, -0.05) is 15.9 Å². The van der Waals surface area contributed by atoms with Crippen LogP contribution in [-0.4, -0.2) is 40.4 Å². The number of nitrogens with zero attached hydrogens (tertiary/aromatic N) is 1. The summed E-state index contributed by atoms with van der Waals surface area (Å²) in [6.45, 7) is 0. The van der Waals surface area contributed by atoms with Gasteiger partial charge in [0, 0.05) is 16.1 Å². The Morgan fingerprint density at radius 1 is 1.35 bits per heavy atom. The third-order valence-electron chi connectivity index (χ3n) is 4.17. The topological polar surface area (TPSA) is 68.5 Å². The average Bonchev–Trinajstić information content (AvgIpc) is 2.93. The molecule has 7 heteroatoms. The molecule has 122 valence electrons. The van der Waals surface area contributed by atoms with Crippen LogP contribution in [-0.2, 0) is 4.74 Å². The van der Waals surface area contributed by atoms with Crippen molar-refractivity contribution < 1.29 is 19.4 Å². The summed E-state index contributed by atoms with van der Waals surface area (Å²) < 4.78 is 6.70. The molecule has 0 radical (unpaired) electrons. The number of esters is 1. The maximum Gasteiger partial charge on any atom is 0.416 e. The van der Waals surface area contributed by atoms with Crippen LogP contribution in [0.15, 0.2) is 22.8 Å². The third kappa shape index (κ3) is 2.99. The fourth-order valence-corrected chi connectivity index (χ4v) is 4.67. The van der Waals surface area contributed by atoms with Crippen molar-refractivity contribution in [1.29, 1.82) is 0 Å². The van der Waals surface area contributed by atoms with Gasteiger partial charge in [0.1, 0.15) is 0 Å². The lowest BCUT2D eigenvalue weighted by molar-refractivity contribution is 0.0602. The number of aromatic nitrogens is 1. The molecule has 2 heterocycles. The Morgan fingerprint density at radius 2 is 2.04 bits per heavy atom. The lowest BCUT2D eigenvalue weighted by Gasteiger charge is -2.21. The zero-order valence-corrected chi connectivity index (χ0v) is 14.9. The number of carboxylic acid groups (broad SMARTS) is 1. The summed E-state index contributed by atoms with van der Waals surface area (Å²) in [6.07, 6.45) is 2.60. The van der Waals surface area contributed by atoms with Crippen molar-refractivity contribution in [3.05, 3.63) is 33.9 Å². The minimum Gasteiger partial charge on any atom is -0.465 e. The van der Waals surface area contributed by atoms with Crippen LogP contribution in [0.2, 0.25) is 0 Å². The van der Waals surface area contributed by atoms with Gasteiger partial charge in [0.05, 0.1) is 18.2 Å². The Kier molecular flexibility index (Phi) is 4.68. The third-order valence-corrected chi connectivity index (χ3v) is 5.67.